The smallest absolute Gasteiger partial charge is 0.329 e. The number of rotatable bonds is 2. The molecule has 4 rings (SSSR count). The molecule has 0 bridgehead atoms. The Balaban J connectivity index is 1.93. The quantitative estimate of drug-likeness (QED) is 0.804. The highest BCUT2D eigenvalue weighted by atomic mass is 32.2. The Morgan fingerprint density at radius 3 is 2.52 bits per heavy atom. The average Bonchev–Trinajstić information content (AvgIpc) is 2.92. The van der Waals surface area contributed by atoms with Gasteiger partial charge in [-0.25, -0.2) is 8.42 Å². The van der Waals surface area contributed by atoms with E-state index < -0.39 is 33.5 Å². The van der Waals surface area contributed by atoms with Crippen LogP contribution in [0.4, 0.5) is 13.2 Å². The molecule has 2 heterocycles. The van der Waals surface area contributed by atoms with Crippen molar-refractivity contribution in [3.8, 4) is 11.1 Å². The molecular formula is C20H19F3N2O3S. The molecule has 154 valence electrons. The Bertz CT molecular complexity index is 1130. The van der Waals surface area contributed by atoms with E-state index in [2.05, 4.69) is 5.32 Å². The SMILES string of the molecule is Cc1cc(S(C)(=O)=O)ccc1-c1cc2c(c(C(F)(F)F)c1)C(=O)N1CCNC[C@@H]21. The average molecular weight is 424 g/mol. The molecule has 0 spiro atoms. The predicted octanol–water partition coefficient (Wildman–Crippen LogP) is 3.18. The van der Waals surface area contributed by atoms with Gasteiger partial charge in [-0.15, -0.1) is 0 Å². The van der Waals surface area contributed by atoms with Crippen molar-refractivity contribution in [1.82, 2.24) is 10.2 Å². The van der Waals surface area contributed by atoms with Crippen LogP contribution in [0.2, 0.25) is 0 Å². The highest BCUT2D eigenvalue weighted by molar-refractivity contribution is 7.90. The van der Waals surface area contributed by atoms with Gasteiger partial charge in [-0.05, 0) is 53.4 Å². The van der Waals surface area contributed by atoms with Gasteiger partial charge in [0.15, 0.2) is 9.84 Å². The van der Waals surface area contributed by atoms with Crippen molar-refractivity contribution in [2.45, 2.75) is 24.0 Å². The molecule has 9 heteroatoms. The molecule has 0 saturated carbocycles. The van der Waals surface area contributed by atoms with E-state index in [1.54, 1.807) is 13.0 Å². The first kappa shape index (κ1) is 19.9. The van der Waals surface area contributed by atoms with Crippen LogP contribution in [0, 0.1) is 6.92 Å². The summed E-state index contributed by atoms with van der Waals surface area (Å²) < 4.78 is 65.1. The molecule has 0 unspecified atom stereocenters. The van der Waals surface area contributed by atoms with Crippen molar-refractivity contribution in [1.29, 1.82) is 0 Å². The number of nitrogens with one attached hydrogen (secondary N) is 1. The van der Waals surface area contributed by atoms with E-state index in [-0.39, 0.29) is 10.5 Å². The first-order valence-electron chi connectivity index (χ1n) is 9.06. The lowest BCUT2D eigenvalue weighted by Crippen LogP contribution is -2.44. The molecule has 0 aliphatic carbocycles. The summed E-state index contributed by atoms with van der Waals surface area (Å²) in [7, 11) is -3.43. The molecule has 1 N–H and O–H groups in total. The van der Waals surface area contributed by atoms with Crippen molar-refractivity contribution in [2.75, 3.05) is 25.9 Å². The van der Waals surface area contributed by atoms with E-state index in [1.165, 1.54) is 23.1 Å². The Hall–Kier alpha value is -2.39. The van der Waals surface area contributed by atoms with E-state index in [0.29, 0.717) is 41.9 Å². The number of aryl methyl sites for hydroxylation is 1. The molecule has 2 aromatic rings. The van der Waals surface area contributed by atoms with Crippen LogP contribution in [-0.2, 0) is 16.0 Å². The zero-order chi connectivity index (χ0) is 21.1. The second-order valence-electron chi connectivity index (χ2n) is 7.45. The number of hydrogen-bond donors (Lipinski definition) is 1. The third kappa shape index (κ3) is 3.32. The normalized spacial score (nSPS) is 19.3. The van der Waals surface area contributed by atoms with Crippen LogP contribution in [-0.4, -0.2) is 45.1 Å². The van der Waals surface area contributed by atoms with Crippen molar-refractivity contribution in [3.05, 3.63) is 52.6 Å². The Morgan fingerprint density at radius 2 is 1.90 bits per heavy atom. The van der Waals surface area contributed by atoms with Gasteiger partial charge < -0.3 is 10.2 Å². The van der Waals surface area contributed by atoms with Crippen LogP contribution < -0.4 is 5.32 Å². The van der Waals surface area contributed by atoms with Gasteiger partial charge in [0.25, 0.3) is 5.91 Å². The summed E-state index contributed by atoms with van der Waals surface area (Å²) in [6, 6.07) is 6.53. The third-order valence-corrected chi connectivity index (χ3v) is 6.60. The molecule has 2 aliphatic rings. The number of amides is 1. The number of benzene rings is 2. The van der Waals surface area contributed by atoms with Crippen molar-refractivity contribution in [3.63, 3.8) is 0 Å². The van der Waals surface area contributed by atoms with Gasteiger partial charge in [-0.3, -0.25) is 4.79 Å². The highest BCUT2D eigenvalue weighted by Crippen LogP contribution is 2.44. The molecule has 0 aromatic heterocycles. The molecule has 1 amide bonds. The maximum atomic E-state index is 13.8. The van der Waals surface area contributed by atoms with Crippen molar-refractivity contribution < 1.29 is 26.4 Å². The zero-order valence-corrected chi connectivity index (χ0v) is 16.6. The van der Waals surface area contributed by atoms with Crippen LogP contribution >= 0.6 is 0 Å². The first-order valence-corrected chi connectivity index (χ1v) is 11.0. The van der Waals surface area contributed by atoms with Crippen molar-refractivity contribution in [2.24, 2.45) is 0 Å². The lowest BCUT2D eigenvalue weighted by Gasteiger charge is -2.30. The Morgan fingerprint density at radius 1 is 1.17 bits per heavy atom. The predicted molar refractivity (Wildman–Crippen MR) is 101 cm³/mol. The molecule has 5 nitrogen and oxygen atoms in total. The van der Waals surface area contributed by atoms with E-state index in [4.69, 9.17) is 0 Å². The monoisotopic (exact) mass is 424 g/mol. The lowest BCUT2D eigenvalue weighted by molar-refractivity contribution is -0.137. The second kappa shape index (κ2) is 6.56. The molecule has 0 radical (unpaired) electrons. The van der Waals surface area contributed by atoms with Crippen molar-refractivity contribution >= 4 is 15.7 Å². The topological polar surface area (TPSA) is 66.5 Å². The summed E-state index contributed by atoms with van der Waals surface area (Å²) in [4.78, 5) is 14.3. The van der Waals surface area contributed by atoms with Gasteiger partial charge in [0.1, 0.15) is 0 Å². The minimum atomic E-state index is -4.68. The fourth-order valence-electron chi connectivity index (χ4n) is 4.10. The molecule has 1 atom stereocenters. The Labute approximate surface area is 166 Å². The molecular weight excluding hydrogens is 405 g/mol. The van der Waals surface area contributed by atoms with Crippen LogP contribution in [0.25, 0.3) is 11.1 Å². The minimum absolute atomic E-state index is 0.105. The highest BCUT2D eigenvalue weighted by Gasteiger charge is 2.45. The van der Waals surface area contributed by atoms with Crippen LogP contribution in [0.15, 0.2) is 35.2 Å². The molecule has 29 heavy (non-hydrogen) atoms. The zero-order valence-electron chi connectivity index (χ0n) is 15.8. The number of hydrogen-bond acceptors (Lipinski definition) is 4. The first-order chi connectivity index (χ1) is 13.5. The summed E-state index contributed by atoms with van der Waals surface area (Å²) in [6.45, 7) is 2.94. The van der Waals surface area contributed by atoms with Crippen LogP contribution in [0.1, 0.15) is 33.1 Å². The number of fused-ring (bicyclic) bond motifs is 3. The number of piperazine rings is 1. The standard InChI is InChI=1S/C20H19F3N2O3S/c1-11-7-13(29(2,27)28)3-4-14(11)12-8-15-17-10-24-5-6-25(17)19(26)18(15)16(9-12)20(21,22)23/h3-4,7-9,17,24H,5-6,10H2,1-2H3/t17-/m0/s1. The number of alkyl halides is 3. The maximum Gasteiger partial charge on any atom is 0.417 e. The van der Waals surface area contributed by atoms with Gasteiger partial charge in [0.05, 0.1) is 22.1 Å². The minimum Gasteiger partial charge on any atom is -0.329 e. The summed E-state index contributed by atoms with van der Waals surface area (Å²) in [5.74, 6) is -0.588. The molecule has 1 fully saturated rings. The van der Waals surface area contributed by atoms with E-state index >= 15 is 0 Å². The lowest BCUT2D eigenvalue weighted by atomic mass is 9.91. The number of carbonyl (C=O) groups excluding carboxylic acids is 1. The number of nitrogens with zero attached hydrogens (tertiary/aromatic N) is 1. The summed E-state index contributed by atoms with van der Waals surface area (Å²) in [6.07, 6.45) is -3.60. The maximum absolute atomic E-state index is 13.8. The van der Waals surface area contributed by atoms with Crippen LogP contribution in [0.5, 0.6) is 0 Å². The van der Waals surface area contributed by atoms with Gasteiger partial charge in [0.2, 0.25) is 0 Å². The summed E-state index contributed by atoms with van der Waals surface area (Å²) >= 11 is 0. The van der Waals surface area contributed by atoms with Crippen LogP contribution in [0.3, 0.4) is 0 Å². The van der Waals surface area contributed by atoms with E-state index in [1.807, 2.05) is 0 Å². The second-order valence-corrected chi connectivity index (χ2v) is 9.47. The van der Waals surface area contributed by atoms with E-state index in [9.17, 15) is 26.4 Å². The van der Waals surface area contributed by atoms with Gasteiger partial charge in [-0.1, -0.05) is 6.07 Å². The summed E-state index contributed by atoms with van der Waals surface area (Å²) in [5.41, 5.74) is 0.494. The number of halogens is 3. The number of carbonyl (C=O) groups is 1. The molecule has 2 aromatic carbocycles. The fourth-order valence-corrected chi connectivity index (χ4v) is 4.81. The molecule has 1 saturated heterocycles. The van der Waals surface area contributed by atoms with E-state index in [0.717, 1.165) is 12.3 Å². The van der Waals surface area contributed by atoms with Gasteiger partial charge in [-0.2, -0.15) is 13.2 Å². The van der Waals surface area contributed by atoms with Gasteiger partial charge in [0, 0.05) is 25.9 Å². The largest absolute Gasteiger partial charge is 0.417 e. The summed E-state index contributed by atoms with van der Waals surface area (Å²) in [5, 5.41) is 3.13. The Kier molecular flexibility index (Phi) is 4.51. The van der Waals surface area contributed by atoms with Gasteiger partial charge >= 0.3 is 6.18 Å². The third-order valence-electron chi connectivity index (χ3n) is 5.49. The fraction of sp³-hybridized carbons (Fsp3) is 0.350. The molecule has 2 aliphatic heterocycles. The number of sulfone groups is 1.